The fourth-order valence-corrected chi connectivity index (χ4v) is 4.19. The van der Waals surface area contributed by atoms with E-state index in [1.54, 1.807) is 6.92 Å². The number of urea groups is 1. The van der Waals surface area contributed by atoms with Crippen LogP contribution in [0.25, 0.3) is 22.2 Å². The summed E-state index contributed by atoms with van der Waals surface area (Å²) in [6.45, 7) is 6.70. The molecule has 0 atom stereocenters. The molecule has 9 nitrogen and oxygen atoms in total. The number of benzene rings is 2. The van der Waals surface area contributed by atoms with Crippen molar-refractivity contribution in [3.8, 4) is 17.0 Å². The number of aryl methyl sites for hydroxylation is 1. The number of carbonyl (C=O) groups is 1. The molecule has 0 aliphatic heterocycles. The number of fused-ring (bicyclic) bond motifs is 1. The smallest absolute Gasteiger partial charge is 0.319 e. The predicted molar refractivity (Wildman–Crippen MR) is 135 cm³/mol. The number of ether oxygens (including phenoxy) is 1. The normalized spacial score (nSPS) is 13.4. The van der Waals surface area contributed by atoms with Gasteiger partial charge in [0.2, 0.25) is 5.89 Å². The molecule has 0 radical (unpaired) electrons. The van der Waals surface area contributed by atoms with Gasteiger partial charge in [0.25, 0.3) is 5.89 Å². The molecule has 9 heteroatoms. The summed E-state index contributed by atoms with van der Waals surface area (Å²) >= 11 is 0. The van der Waals surface area contributed by atoms with Crippen LogP contribution in [0.4, 0.5) is 16.2 Å². The molecule has 0 unspecified atom stereocenters. The Kier molecular flexibility index (Phi) is 6.07. The van der Waals surface area contributed by atoms with Gasteiger partial charge in [-0.15, -0.1) is 10.2 Å². The molecular weight excluding hydrogens is 444 g/mol. The molecule has 2 heterocycles. The fourth-order valence-electron chi connectivity index (χ4n) is 4.19. The maximum atomic E-state index is 12.0. The third-order valence-corrected chi connectivity index (χ3v) is 5.98. The molecule has 1 fully saturated rings. The SMILES string of the molecule is Cc1nnc(COc2ccc3c(N)c(-c4ccc(NC(=O)NC(C)C)cc4)n(CC4CC4)c3c2)o1. The summed E-state index contributed by atoms with van der Waals surface area (Å²) in [5.74, 6) is 2.31. The van der Waals surface area contributed by atoms with Crippen molar-refractivity contribution in [2.24, 2.45) is 5.92 Å². The van der Waals surface area contributed by atoms with Crippen LogP contribution in [0, 0.1) is 12.8 Å². The topological polar surface area (TPSA) is 120 Å². The molecule has 2 aromatic carbocycles. The minimum absolute atomic E-state index is 0.0669. The van der Waals surface area contributed by atoms with Gasteiger partial charge < -0.3 is 30.1 Å². The van der Waals surface area contributed by atoms with Crippen molar-refractivity contribution < 1.29 is 13.9 Å². The number of nitrogens with zero attached hydrogens (tertiary/aromatic N) is 3. The molecule has 4 N–H and O–H groups in total. The fraction of sp³-hybridized carbons (Fsp3) is 0.346. The van der Waals surface area contributed by atoms with Crippen LogP contribution in [0.1, 0.15) is 38.5 Å². The molecule has 4 aromatic rings. The van der Waals surface area contributed by atoms with Crippen molar-refractivity contribution in [2.45, 2.75) is 52.8 Å². The lowest BCUT2D eigenvalue weighted by atomic mass is 10.1. The van der Waals surface area contributed by atoms with Crippen molar-refractivity contribution in [3.63, 3.8) is 0 Å². The monoisotopic (exact) mass is 474 g/mol. The molecule has 1 aliphatic rings. The van der Waals surface area contributed by atoms with Crippen LogP contribution in [0.15, 0.2) is 46.9 Å². The van der Waals surface area contributed by atoms with Crippen LogP contribution >= 0.6 is 0 Å². The van der Waals surface area contributed by atoms with Crippen LogP contribution in [-0.4, -0.2) is 26.8 Å². The number of nitrogens with two attached hydrogens (primary N) is 1. The van der Waals surface area contributed by atoms with E-state index in [0.717, 1.165) is 40.1 Å². The highest BCUT2D eigenvalue weighted by Gasteiger charge is 2.26. The number of hydrogen-bond donors (Lipinski definition) is 3. The van der Waals surface area contributed by atoms with Crippen molar-refractivity contribution in [2.75, 3.05) is 11.1 Å². The number of carbonyl (C=O) groups excluding carboxylic acids is 1. The highest BCUT2D eigenvalue weighted by molar-refractivity contribution is 6.01. The first-order valence-electron chi connectivity index (χ1n) is 11.9. The number of anilines is 2. The molecule has 5 rings (SSSR count). The summed E-state index contributed by atoms with van der Waals surface area (Å²) < 4.78 is 13.6. The minimum Gasteiger partial charge on any atom is -0.484 e. The highest BCUT2D eigenvalue weighted by Crippen LogP contribution is 2.41. The van der Waals surface area contributed by atoms with Gasteiger partial charge in [0.15, 0.2) is 6.61 Å². The molecule has 0 spiro atoms. The second-order valence-electron chi connectivity index (χ2n) is 9.33. The summed E-state index contributed by atoms with van der Waals surface area (Å²) in [6, 6.07) is 13.6. The largest absolute Gasteiger partial charge is 0.484 e. The minimum atomic E-state index is -0.224. The zero-order valence-electron chi connectivity index (χ0n) is 20.2. The Morgan fingerprint density at radius 1 is 1.20 bits per heavy atom. The number of nitrogens with one attached hydrogen (secondary N) is 2. The van der Waals surface area contributed by atoms with Crippen LogP contribution in [-0.2, 0) is 13.2 Å². The lowest BCUT2D eigenvalue weighted by molar-refractivity contribution is 0.250. The Balaban J connectivity index is 1.45. The molecule has 35 heavy (non-hydrogen) atoms. The zero-order chi connectivity index (χ0) is 24.5. The van der Waals surface area contributed by atoms with Gasteiger partial charge in [-0.25, -0.2) is 4.79 Å². The van der Waals surface area contributed by atoms with E-state index in [2.05, 4.69) is 25.4 Å². The number of aromatic nitrogens is 3. The van der Waals surface area contributed by atoms with Crippen molar-refractivity contribution in [1.82, 2.24) is 20.1 Å². The van der Waals surface area contributed by atoms with Gasteiger partial charge in [0, 0.05) is 42.2 Å². The maximum absolute atomic E-state index is 12.0. The average molecular weight is 475 g/mol. The van der Waals surface area contributed by atoms with Gasteiger partial charge in [-0.05, 0) is 56.9 Å². The quantitative estimate of drug-likeness (QED) is 0.327. The van der Waals surface area contributed by atoms with Gasteiger partial charge >= 0.3 is 6.03 Å². The van der Waals surface area contributed by atoms with Crippen molar-refractivity contribution >= 4 is 28.3 Å². The van der Waals surface area contributed by atoms with Gasteiger partial charge in [0.05, 0.1) is 16.9 Å². The van der Waals surface area contributed by atoms with E-state index < -0.39 is 0 Å². The Bertz CT molecular complexity index is 1350. The van der Waals surface area contributed by atoms with Crippen LogP contribution in [0.5, 0.6) is 5.75 Å². The van der Waals surface area contributed by atoms with E-state index in [1.807, 2.05) is 56.3 Å². The van der Waals surface area contributed by atoms with Crippen LogP contribution < -0.4 is 21.1 Å². The summed E-state index contributed by atoms with van der Waals surface area (Å²) in [5.41, 5.74) is 11.2. The molecular formula is C26H30N6O3. The van der Waals surface area contributed by atoms with E-state index in [0.29, 0.717) is 23.4 Å². The molecule has 182 valence electrons. The van der Waals surface area contributed by atoms with Gasteiger partial charge in [0.1, 0.15) is 5.75 Å². The average Bonchev–Trinajstić information content (AvgIpc) is 3.48. The Morgan fingerprint density at radius 2 is 1.97 bits per heavy atom. The second-order valence-corrected chi connectivity index (χ2v) is 9.33. The first-order valence-corrected chi connectivity index (χ1v) is 11.9. The first-order chi connectivity index (χ1) is 16.9. The number of amides is 2. The highest BCUT2D eigenvalue weighted by atomic mass is 16.5. The summed E-state index contributed by atoms with van der Waals surface area (Å²) in [7, 11) is 0. The Labute approximate surface area is 203 Å². The van der Waals surface area contributed by atoms with E-state index in [9.17, 15) is 4.79 Å². The molecule has 0 bridgehead atoms. The molecule has 1 saturated carbocycles. The number of nitrogen functional groups attached to an aromatic ring is 1. The van der Waals surface area contributed by atoms with Gasteiger partial charge in [-0.2, -0.15) is 0 Å². The van der Waals surface area contributed by atoms with Crippen molar-refractivity contribution in [1.29, 1.82) is 0 Å². The summed E-state index contributed by atoms with van der Waals surface area (Å²) in [6.07, 6.45) is 2.44. The Hall–Kier alpha value is -4.01. The van der Waals surface area contributed by atoms with Crippen LogP contribution in [0.2, 0.25) is 0 Å². The third-order valence-electron chi connectivity index (χ3n) is 5.98. The van der Waals surface area contributed by atoms with Crippen molar-refractivity contribution in [3.05, 3.63) is 54.2 Å². The molecule has 0 saturated heterocycles. The van der Waals surface area contributed by atoms with Gasteiger partial charge in [-0.3, -0.25) is 0 Å². The zero-order valence-corrected chi connectivity index (χ0v) is 20.2. The third kappa shape index (κ3) is 5.08. The van der Waals surface area contributed by atoms with E-state index in [1.165, 1.54) is 12.8 Å². The molecule has 2 amide bonds. The lowest BCUT2D eigenvalue weighted by Gasteiger charge is -2.13. The van der Waals surface area contributed by atoms with E-state index in [-0.39, 0.29) is 18.7 Å². The number of hydrogen-bond acceptors (Lipinski definition) is 6. The molecule has 2 aromatic heterocycles. The van der Waals surface area contributed by atoms with E-state index in [4.69, 9.17) is 14.9 Å². The van der Waals surface area contributed by atoms with E-state index >= 15 is 0 Å². The Morgan fingerprint density at radius 3 is 2.63 bits per heavy atom. The maximum Gasteiger partial charge on any atom is 0.319 e. The lowest BCUT2D eigenvalue weighted by Crippen LogP contribution is -2.34. The summed E-state index contributed by atoms with van der Waals surface area (Å²) in [4.78, 5) is 12.0. The standard InChI is InChI=1S/C26H30N6O3/c1-15(2)28-26(33)29-19-8-6-18(7-9-19)25-24(27)21-11-10-20(34-14-23-31-30-16(3)35-23)12-22(21)32(25)13-17-4-5-17/h6-12,15,17H,4-5,13-14,27H2,1-3H3,(H2,28,29,33). The predicted octanol–water partition coefficient (Wildman–Crippen LogP) is 5.10. The van der Waals surface area contributed by atoms with Gasteiger partial charge in [-0.1, -0.05) is 12.1 Å². The number of rotatable bonds is 8. The summed E-state index contributed by atoms with van der Waals surface area (Å²) in [5, 5.41) is 14.5. The first kappa shape index (κ1) is 22.8. The van der Waals surface area contributed by atoms with Crippen LogP contribution in [0.3, 0.4) is 0 Å². The second kappa shape index (κ2) is 9.32. The molecule has 1 aliphatic carbocycles.